The zero-order valence-corrected chi connectivity index (χ0v) is 10.6. The molecule has 0 radical (unpaired) electrons. The van der Waals surface area contributed by atoms with E-state index < -0.39 is 17.3 Å². The number of halogens is 3. The SMILES string of the molecule is CC1(C)C(COC2CCNCC2)C1(F)F.Cl. The first-order valence-electron chi connectivity index (χ1n) is 5.66. The van der Waals surface area contributed by atoms with Crippen molar-refractivity contribution in [2.24, 2.45) is 11.3 Å². The fraction of sp³-hybridized carbons (Fsp3) is 1.00. The minimum absolute atomic E-state index is 0. The quantitative estimate of drug-likeness (QED) is 0.837. The van der Waals surface area contributed by atoms with Crippen LogP contribution in [-0.4, -0.2) is 31.7 Å². The van der Waals surface area contributed by atoms with E-state index in [0.29, 0.717) is 0 Å². The molecule has 1 unspecified atom stereocenters. The molecule has 2 rings (SSSR count). The summed E-state index contributed by atoms with van der Waals surface area (Å²) in [6.07, 6.45) is 2.07. The van der Waals surface area contributed by atoms with Crippen LogP contribution < -0.4 is 5.32 Å². The molecular formula is C11H20ClF2NO. The van der Waals surface area contributed by atoms with Crippen molar-refractivity contribution in [3.05, 3.63) is 0 Å². The van der Waals surface area contributed by atoms with Crippen LogP contribution >= 0.6 is 12.4 Å². The Labute approximate surface area is 102 Å². The first-order chi connectivity index (χ1) is 6.96. The van der Waals surface area contributed by atoms with Gasteiger partial charge in [-0.05, 0) is 25.9 Å². The van der Waals surface area contributed by atoms with Crippen molar-refractivity contribution in [2.75, 3.05) is 19.7 Å². The molecule has 96 valence electrons. The van der Waals surface area contributed by atoms with Gasteiger partial charge in [-0.1, -0.05) is 13.8 Å². The Balaban J connectivity index is 0.00000128. The van der Waals surface area contributed by atoms with E-state index in [1.165, 1.54) is 0 Å². The number of alkyl halides is 2. The van der Waals surface area contributed by atoms with E-state index in [1.54, 1.807) is 13.8 Å². The van der Waals surface area contributed by atoms with Crippen molar-refractivity contribution in [1.82, 2.24) is 5.32 Å². The molecule has 1 aliphatic carbocycles. The second-order valence-corrected chi connectivity index (χ2v) is 5.18. The van der Waals surface area contributed by atoms with Gasteiger partial charge in [-0.2, -0.15) is 0 Å². The van der Waals surface area contributed by atoms with Crippen molar-refractivity contribution in [2.45, 2.75) is 38.7 Å². The number of hydrogen-bond acceptors (Lipinski definition) is 2. The Morgan fingerprint density at radius 2 is 1.75 bits per heavy atom. The molecule has 0 aromatic carbocycles. The standard InChI is InChI=1S/C11H19F2NO.ClH/c1-10(2)9(11(10,12)13)7-15-8-3-5-14-6-4-8;/h8-9,14H,3-7H2,1-2H3;1H. The summed E-state index contributed by atoms with van der Waals surface area (Å²) in [7, 11) is 0. The molecule has 1 atom stereocenters. The second kappa shape index (κ2) is 4.75. The Morgan fingerprint density at radius 1 is 1.25 bits per heavy atom. The van der Waals surface area contributed by atoms with E-state index >= 15 is 0 Å². The number of piperidine rings is 1. The van der Waals surface area contributed by atoms with Crippen LogP contribution in [0.1, 0.15) is 26.7 Å². The van der Waals surface area contributed by atoms with Crippen LogP contribution in [0.4, 0.5) is 8.78 Å². The summed E-state index contributed by atoms with van der Waals surface area (Å²) in [4.78, 5) is 0. The summed E-state index contributed by atoms with van der Waals surface area (Å²) < 4.78 is 32.0. The zero-order valence-electron chi connectivity index (χ0n) is 9.76. The first kappa shape index (κ1) is 14.1. The Hall–Kier alpha value is 0.0700. The Kier molecular flexibility index (Phi) is 4.19. The summed E-state index contributed by atoms with van der Waals surface area (Å²) in [6.45, 7) is 5.32. The van der Waals surface area contributed by atoms with E-state index in [9.17, 15) is 8.78 Å². The lowest BCUT2D eigenvalue weighted by Gasteiger charge is -2.23. The van der Waals surface area contributed by atoms with Gasteiger partial charge in [-0.3, -0.25) is 0 Å². The van der Waals surface area contributed by atoms with E-state index in [-0.39, 0.29) is 25.1 Å². The first-order valence-corrected chi connectivity index (χ1v) is 5.66. The van der Waals surface area contributed by atoms with Crippen LogP contribution in [0.25, 0.3) is 0 Å². The average molecular weight is 256 g/mol. The predicted molar refractivity (Wildman–Crippen MR) is 61.3 cm³/mol. The molecule has 1 aliphatic heterocycles. The van der Waals surface area contributed by atoms with Gasteiger partial charge in [0.15, 0.2) is 0 Å². The van der Waals surface area contributed by atoms with E-state index in [2.05, 4.69) is 5.32 Å². The van der Waals surface area contributed by atoms with Gasteiger partial charge in [0.05, 0.1) is 18.6 Å². The van der Waals surface area contributed by atoms with Crippen molar-refractivity contribution in [1.29, 1.82) is 0 Å². The number of hydrogen-bond donors (Lipinski definition) is 1. The molecule has 16 heavy (non-hydrogen) atoms. The van der Waals surface area contributed by atoms with Gasteiger partial charge in [0, 0.05) is 5.41 Å². The lowest BCUT2D eigenvalue weighted by Crippen LogP contribution is -2.33. The normalized spacial score (nSPS) is 31.9. The fourth-order valence-electron chi connectivity index (χ4n) is 2.26. The van der Waals surface area contributed by atoms with Crippen LogP contribution in [0.15, 0.2) is 0 Å². The summed E-state index contributed by atoms with van der Waals surface area (Å²) in [6, 6.07) is 0. The van der Waals surface area contributed by atoms with E-state index in [4.69, 9.17) is 4.74 Å². The predicted octanol–water partition coefficient (Wildman–Crippen LogP) is 2.47. The van der Waals surface area contributed by atoms with Crippen LogP contribution in [0, 0.1) is 11.3 Å². The van der Waals surface area contributed by atoms with Gasteiger partial charge in [0.25, 0.3) is 5.92 Å². The maximum absolute atomic E-state index is 13.2. The number of nitrogens with one attached hydrogen (secondary N) is 1. The van der Waals surface area contributed by atoms with Crippen molar-refractivity contribution in [3.8, 4) is 0 Å². The highest BCUT2D eigenvalue weighted by Crippen LogP contribution is 2.65. The summed E-state index contributed by atoms with van der Waals surface area (Å²) >= 11 is 0. The van der Waals surface area contributed by atoms with E-state index in [1.807, 2.05) is 0 Å². The number of ether oxygens (including phenoxy) is 1. The molecule has 1 N–H and O–H groups in total. The molecule has 0 spiro atoms. The van der Waals surface area contributed by atoms with Crippen LogP contribution in [0.3, 0.4) is 0 Å². The summed E-state index contributed by atoms with van der Waals surface area (Å²) in [5.41, 5.74) is -0.861. The van der Waals surface area contributed by atoms with Gasteiger partial charge in [0.1, 0.15) is 0 Å². The third kappa shape index (κ3) is 2.34. The maximum Gasteiger partial charge on any atom is 0.259 e. The number of rotatable bonds is 3. The largest absolute Gasteiger partial charge is 0.378 e. The van der Waals surface area contributed by atoms with Crippen LogP contribution in [-0.2, 0) is 4.74 Å². The molecule has 1 heterocycles. The second-order valence-electron chi connectivity index (χ2n) is 5.18. The third-order valence-corrected chi connectivity index (χ3v) is 3.87. The maximum atomic E-state index is 13.2. The van der Waals surface area contributed by atoms with Crippen LogP contribution in [0.5, 0.6) is 0 Å². The van der Waals surface area contributed by atoms with Crippen molar-refractivity contribution >= 4 is 12.4 Å². The highest BCUT2D eigenvalue weighted by Gasteiger charge is 2.74. The average Bonchev–Trinajstić information content (AvgIpc) is 2.57. The minimum Gasteiger partial charge on any atom is -0.378 e. The van der Waals surface area contributed by atoms with Gasteiger partial charge in [0.2, 0.25) is 0 Å². The molecule has 1 saturated heterocycles. The Bertz CT molecular complexity index is 228. The van der Waals surface area contributed by atoms with Crippen molar-refractivity contribution in [3.63, 3.8) is 0 Å². The molecule has 0 amide bonds. The smallest absolute Gasteiger partial charge is 0.259 e. The lowest BCUT2D eigenvalue weighted by atomic mass is 10.1. The minimum atomic E-state index is -2.53. The Morgan fingerprint density at radius 3 is 2.19 bits per heavy atom. The topological polar surface area (TPSA) is 21.3 Å². The fourth-order valence-corrected chi connectivity index (χ4v) is 2.26. The molecule has 2 aliphatic rings. The molecular weight excluding hydrogens is 236 g/mol. The lowest BCUT2D eigenvalue weighted by molar-refractivity contribution is 0.00201. The van der Waals surface area contributed by atoms with Crippen molar-refractivity contribution < 1.29 is 13.5 Å². The molecule has 2 nitrogen and oxygen atoms in total. The van der Waals surface area contributed by atoms with Crippen LogP contribution in [0.2, 0.25) is 0 Å². The monoisotopic (exact) mass is 255 g/mol. The molecule has 5 heteroatoms. The van der Waals surface area contributed by atoms with E-state index in [0.717, 1.165) is 25.9 Å². The van der Waals surface area contributed by atoms with Gasteiger partial charge >= 0.3 is 0 Å². The summed E-state index contributed by atoms with van der Waals surface area (Å²) in [5.74, 6) is -3.11. The molecule has 1 saturated carbocycles. The molecule has 0 aromatic heterocycles. The molecule has 0 aromatic rings. The van der Waals surface area contributed by atoms with Gasteiger partial charge < -0.3 is 10.1 Å². The molecule has 2 fully saturated rings. The highest BCUT2D eigenvalue weighted by atomic mass is 35.5. The molecule has 0 bridgehead atoms. The van der Waals surface area contributed by atoms with Gasteiger partial charge in [-0.25, -0.2) is 8.78 Å². The summed E-state index contributed by atoms with van der Waals surface area (Å²) in [5, 5.41) is 3.22. The zero-order chi connectivity index (χ0) is 11.1. The van der Waals surface area contributed by atoms with Gasteiger partial charge in [-0.15, -0.1) is 12.4 Å². The highest BCUT2D eigenvalue weighted by molar-refractivity contribution is 5.85. The third-order valence-electron chi connectivity index (χ3n) is 3.87.